The molecule has 1 fully saturated rings. The van der Waals surface area contributed by atoms with E-state index in [4.69, 9.17) is 0 Å². The third-order valence-corrected chi connectivity index (χ3v) is 5.31. The number of hydrogen-bond acceptors (Lipinski definition) is 1. The van der Waals surface area contributed by atoms with Crippen LogP contribution in [-0.4, -0.2) is 23.5 Å². The van der Waals surface area contributed by atoms with Gasteiger partial charge in [-0.05, 0) is 51.0 Å². The minimum Gasteiger partial charge on any atom is -0.298 e. The van der Waals surface area contributed by atoms with Crippen molar-refractivity contribution in [2.75, 3.05) is 6.54 Å². The molecule has 1 nitrogen and oxygen atoms in total. The van der Waals surface area contributed by atoms with Gasteiger partial charge in [-0.1, -0.05) is 40.5 Å². The van der Waals surface area contributed by atoms with Crippen LogP contribution in [0.15, 0.2) is 0 Å². The largest absolute Gasteiger partial charge is 0.298 e. The van der Waals surface area contributed by atoms with Crippen LogP contribution in [0.3, 0.4) is 0 Å². The summed E-state index contributed by atoms with van der Waals surface area (Å²) in [6.07, 6.45) is 5.47. The molecule has 0 amide bonds. The second-order valence-electron chi connectivity index (χ2n) is 6.47. The Balaban J connectivity index is 2.66. The topological polar surface area (TPSA) is 3.24 Å². The molecule has 1 heterocycles. The molecule has 0 bridgehead atoms. The number of unbranched alkanes of at least 4 members (excludes halogenated alkanes) is 2. The van der Waals surface area contributed by atoms with Crippen molar-refractivity contribution in [3.8, 4) is 0 Å². The second kappa shape index (κ2) is 6.78. The van der Waals surface area contributed by atoms with E-state index in [2.05, 4.69) is 46.4 Å². The van der Waals surface area contributed by atoms with E-state index in [9.17, 15) is 0 Å². The van der Waals surface area contributed by atoms with E-state index in [-0.39, 0.29) is 0 Å². The molecule has 5 unspecified atom stereocenters. The molecule has 1 heteroatoms. The fourth-order valence-electron chi connectivity index (χ4n) is 3.52. The molecule has 0 aromatic rings. The molecule has 1 aliphatic rings. The van der Waals surface area contributed by atoms with Gasteiger partial charge in [-0.2, -0.15) is 0 Å². The van der Waals surface area contributed by atoms with E-state index in [0.29, 0.717) is 0 Å². The van der Waals surface area contributed by atoms with E-state index in [1.54, 1.807) is 0 Å². The van der Waals surface area contributed by atoms with Crippen molar-refractivity contribution >= 4 is 0 Å². The Kier molecular flexibility index (Phi) is 5.99. The second-order valence-corrected chi connectivity index (χ2v) is 6.47. The summed E-state index contributed by atoms with van der Waals surface area (Å²) in [5, 5.41) is 0. The summed E-state index contributed by atoms with van der Waals surface area (Å²) in [4.78, 5) is 2.78. The summed E-state index contributed by atoms with van der Waals surface area (Å²) in [5.74, 6) is 2.57. The first kappa shape index (κ1) is 15.0. The maximum absolute atomic E-state index is 2.78. The van der Waals surface area contributed by atoms with Gasteiger partial charge in [0.15, 0.2) is 0 Å². The third-order valence-electron chi connectivity index (χ3n) is 5.31. The van der Waals surface area contributed by atoms with Crippen molar-refractivity contribution in [2.45, 2.75) is 79.3 Å². The summed E-state index contributed by atoms with van der Waals surface area (Å²) in [5.41, 5.74) is 0. The first-order chi connectivity index (χ1) is 7.99. The molecule has 1 saturated heterocycles. The van der Waals surface area contributed by atoms with Crippen LogP contribution in [0.2, 0.25) is 0 Å². The minimum absolute atomic E-state index is 0.752. The van der Waals surface area contributed by atoms with Crippen molar-refractivity contribution in [1.82, 2.24) is 4.90 Å². The van der Waals surface area contributed by atoms with Crippen molar-refractivity contribution < 1.29 is 0 Å². The van der Waals surface area contributed by atoms with E-state index in [0.717, 1.165) is 29.8 Å². The fraction of sp³-hybridized carbons (Fsp3) is 1.00. The van der Waals surface area contributed by atoms with E-state index >= 15 is 0 Å². The average Bonchev–Trinajstić information content (AvgIpc) is 2.36. The quantitative estimate of drug-likeness (QED) is 0.650. The zero-order valence-electron chi connectivity index (χ0n) is 12.9. The lowest BCUT2D eigenvalue weighted by Crippen LogP contribution is -2.43. The van der Waals surface area contributed by atoms with Gasteiger partial charge in [0.25, 0.3) is 0 Å². The highest BCUT2D eigenvalue weighted by Crippen LogP contribution is 2.34. The molecule has 0 saturated carbocycles. The highest BCUT2D eigenvalue weighted by molar-refractivity contribution is 4.87. The van der Waals surface area contributed by atoms with Crippen LogP contribution in [-0.2, 0) is 0 Å². The van der Waals surface area contributed by atoms with Crippen LogP contribution in [0.4, 0.5) is 0 Å². The van der Waals surface area contributed by atoms with Crippen LogP contribution in [0.25, 0.3) is 0 Å². The predicted molar refractivity (Wildman–Crippen MR) is 77.3 cm³/mol. The van der Waals surface area contributed by atoms with Crippen LogP contribution in [0.5, 0.6) is 0 Å². The van der Waals surface area contributed by atoms with Gasteiger partial charge in [-0.25, -0.2) is 0 Å². The van der Waals surface area contributed by atoms with Gasteiger partial charge < -0.3 is 0 Å². The van der Waals surface area contributed by atoms with Gasteiger partial charge in [0.2, 0.25) is 0 Å². The van der Waals surface area contributed by atoms with Crippen molar-refractivity contribution in [2.24, 2.45) is 17.8 Å². The van der Waals surface area contributed by atoms with E-state index in [1.807, 2.05) is 0 Å². The van der Waals surface area contributed by atoms with Crippen LogP contribution in [0, 0.1) is 17.8 Å². The molecule has 0 aromatic carbocycles. The summed E-state index contributed by atoms with van der Waals surface area (Å²) in [6, 6.07) is 1.52. The molecule has 17 heavy (non-hydrogen) atoms. The van der Waals surface area contributed by atoms with Crippen LogP contribution in [0.1, 0.15) is 67.2 Å². The molecular formula is C16H33N. The lowest BCUT2D eigenvalue weighted by atomic mass is 9.81. The zero-order chi connectivity index (χ0) is 13.0. The smallest absolute Gasteiger partial charge is 0.00980 e. The Bertz CT molecular complexity index is 214. The molecular weight excluding hydrogens is 206 g/mol. The van der Waals surface area contributed by atoms with Gasteiger partial charge >= 0.3 is 0 Å². The van der Waals surface area contributed by atoms with Gasteiger partial charge in [0.05, 0.1) is 0 Å². The summed E-state index contributed by atoms with van der Waals surface area (Å²) in [6.45, 7) is 15.8. The molecule has 1 aliphatic heterocycles. The number of rotatable bonds is 4. The molecule has 102 valence electrons. The third kappa shape index (κ3) is 3.71. The number of nitrogens with zero attached hydrogens (tertiary/aromatic N) is 1. The summed E-state index contributed by atoms with van der Waals surface area (Å²) >= 11 is 0. The van der Waals surface area contributed by atoms with Gasteiger partial charge in [0.1, 0.15) is 0 Å². The van der Waals surface area contributed by atoms with E-state index < -0.39 is 0 Å². The molecule has 0 aliphatic carbocycles. The summed E-state index contributed by atoms with van der Waals surface area (Å²) < 4.78 is 0. The molecule has 0 N–H and O–H groups in total. The molecule has 0 radical (unpaired) electrons. The Hall–Kier alpha value is -0.0400. The molecule has 1 rings (SSSR count). The van der Waals surface area contributed by atoms with Crippen molar-refractivity contribution in [1.29, 1.82) is 0 Å². The first-order valence-electron chi connectivity index (χ1n) is 7.74. The highest BCUT2D eigenvalue weighted by Gasteiger charge is 2.34. The van der Waals surface area contributed by atoms with Gasteiger partial charge in [-0.3, -0.25) is 4.90 Å². The lowest BCUT2D eigenvalue weighted by Gasteiger charge is -2.36. The van der Waals surface area contributed by atoms with Crippen molar-refractivity contribution in [3.63, 3.8) is 0 Å². The summed E-state index contributed by atoms with van der Waals surface area (Å²) in [7, 11) is 0. The molecule has 0 aromatic heterocycles. The molecule has 5 atom stereocenters. The fourth-order valence-corrected chi connectivity index (χ4v) is 3.52. The maximum Gasteiger partial charge on any atom is 0.00980 e. The van der Waals surface area contributed by atoms with Crippen LogP contribution >= 0.6 is 0 Å². The zero-order valence-corrected chi connectivity index (χ0v) is 12.9. The molecule has 0 spiro atoms. The van der Waals surface area contributed by atoms with E-state index in [1.165, 1.54) is 32.2 Å². The normalized spacial score (nSPS) is 40.2. The predicted octanol–water partition coefficient (Wildman–Crippen LogP) is 4.57. The van der Waals surface area contributed by atoms with Crippen LogP contribution < -0.4 is 0 Å². The highest BCUT2D eigenvalue weighted by atomic mass is 15.2. The minimum atomic E-state index is 0.752. The maximum atomic E-state index is 2.78. The Morgan fingerprint density at radius 2 is 1.59 bits per heavy atom. The number of likely N-dealkylation sites (tertiary alicyclic amines) is 1. The lowest BCUT2D eigenvalue weighted by molar-refractivity contribution is 0.117. The van der Waals surface area contributed by atoms with Crippen molar-refractivity contribution in [3.05, 3.63) is 0 Å². The average molecular weight is 239 g/mol. The number of hydrogen-bond donors (Lipinski definition) is 0. The van der Waals surface area contributed by atoms with Gasteiger partial charge in [0, 0.05) is 12.1 Å². The Morgan fingerprint density at radius 1 is 0.941 bits per heavy atom. The standard InChI is InChI=1S/C16H33N/c1-7-8-9-10-17-13(3)11-12(2)14(4)15(5)16(17)6/h12-16H,7-11H2,1-6H3. The SMILES string of the molecule is CCCCCN1C(C)CC(C)C(C)C(C)C1C. The first-order valence-corrected chi connectivity index (χ1v) is 7.74. The monoisotopic (exact) mass is 239 g/mol. The van der Waals surface area contributed by atoms with Gasteiger partial charge in [-0.15, -0.1) is 0 Å². The Morgan fingerprint density at radius 3 is 2.18 bits per heavy atom. The Labute approximate surface area is 109 Å².